The third-order valence-electron chi connectivity index (χ3n) is 7.66. The van der Waals surface area contributed by atoms with Crippen molar-refractivity contribution in [2.75, 3.05) is 44.2 Å². The first-order valence-corrected chi connectivity index (χ1v) is 14.3. The Bertz CT molecular complexity index is 1450. The molecule has 0 saturated carbocycles. The first-order chi connectivity index (χ1) is 20.7. The van der Waals surface area contributed by atoms with Crippen LogP contribution in [-0.2, 0) is 17.8 Å². The minimum atomic E-state index is -0.506. The molecule has 0 unspecified atom stereocenters. The van der Waals surface area contributed by atoms with Gasteiger partial charge in [-0.3, -0.25) is 9.69 Å². The van der Waals surface area contributed by atoms with E-state index >= 15 is 0 Å². The number of fused-ring (bicyclic) bond motifs is 2. The third kappa shape index (κ3) is 7.54. The fourth-order valence-corrected chi connectivity index (χ4v) is 5.27. The summed E-state index contributed by atoms with van der Waals surface area (Å²) in [5, 5.41) is 15.4. The van der Waals surface area contributed by atoms with E-state index in [0.29, 0.717) is 42.3 Å². The van der Waals surface area contributed by atoms with Crippen LogP contribution in [0.4, 0.5) is 20.6 Å². The van der Waals surface area contributed by atoms with E-state index < -0.39 is 11.8 Å². The van der Waals surface area contributed by atoms with Crippen LogP contribution >= 0.6 is 0 Å². The molecule has 228 valence electrons. The number of amides is 3. The molecule has 3 aromatic carbocycles. The average molecular weight is 593 g/mol. The minimum absolute atomic E-state index is 0.0429. The van der Waals surface area contributed by atoms with Gasteiger partial charge in [-0.15, -0.1) is 0 Å². The van der Waals surface area contributed by atoms with Crippen LogP contribution in [0, 0.1) is 11.7 Å². The molecule has 0 radical (unpaired) electrons. The summed E-state index contributed by atoms with van der Waals surface area (Å²) in [4.78, 5) is 30.0. The lowest BCUT2D eigenvalue weighted by atomic mass is 10.0. The van der Waals surface area contributed by atoms with Crippen LogP contribution in [0.3, 0.4) is 0 Å². The SMILES string of the molecule is C[C@H](CO)N1C[C@H](C)[C@H](CN(C)Cc2ccc3c(c2)OCO3)Oc2ccc(NC(=O)Nc3ccc(F)cc3)cc2CC1=O. The number of benzene rings is 3. The molecule has 0 aromatic heterocycles. The number of aliphatic hydroxyl groups excluding tert-OH is 1. The molecule has 3 aromatic rings. The monoisotopic (exact) mass is 592 g/mol. The summed E-state index contributed by atoms with van der Waals surface area (Å²) in [6.45, 7) is 5.57. The molecule has 0 bridgehead atoms. The summed E-state index contributed by atoms with van der Waals surface area (Å²) < 4.78 is 30.8. The number of likely N-dealkylation sites (N-methyl/N-ethyl adjacent to an activating group) is 1. The van der Waals surface area contributed by atoms with Gasteiger partial charge in [-0.2, -0.15) is 0 Å². The first kappa shape index (κ1) is 30.1. The number of carbonyl (C=O) groups is 2. The van der Waals surface area contributed by atoms with Gasteiger partial charge in [-0.1, -0.05) is 13.0 Å². The highest BCUT2D eigenvalue weighted by Gasteiger charge is 2.31. The Hall–Kier alpha value is -4.35. The lowest BCUT2D eigenvalue weighted by molar-refractivity contribution is -0.134. The minimum Gasteiger partial charge on any atom is -0.488 e. The van der Waals surface area contributed by atoms with Crippen molar-refractivity contribution in [2.45, 2.75) is 39.0 Å². The molecular formula is C32H37FN4O6. The van der Waals surface area contributed by atoms with E-state index in [1.807, 2.05) is 39.1 Å². The van der Waals surface area contributed by atoms with Gasteiger partial charge < -0.3 is 34.9 Å². The van der Waals surface area contributed by atoms with Crippen molar-refractivity contribution in [3.05, 3.63) is 77.6 Å². The predicted molar refractivity (Wildman–Crippen MR) is 160 cm³/mol. The molecule has 3 amide bonds. The number of hydrogen-bond acceptors (Lipinski definition) is 7. The molecule has 0 saturated heterocycles. The Labute approximate surface area is 250 Å². The molecule has 3 atom stereocenters. The first-order valence-electron chi connectivity index (χ1n) is 14.3. The molecule has 2 aliphatic rings. The number of anilines is 2. The summed E-state index contributed by atoms with van der Waals surface area (Å²) >= 11 is 0. The zero-order chi connectivity index (χ0) is 30.5. The summed E-state index contributed by atoms with van der Waals surface area (Å²) in [5.74, 6) is 1.44. The number of nitrogens with zero attached hydrogens (tertiary/aromatic N) is 2. The van der Waals surface area contributed by atoms with Crippen molar-refractivity contribution in [1.29, 1.82) is 0 Å². The van der Waals surface area contributed by atoms with Gasteiger partial charge in [0.1, 0.15) is 17.7 Å². The van der Waals surface area contributed by atoms with Gasteiger partial charge in [0, 0.05) is 42.5 Å². The van der Waals surface area contributed by atoms with Crippen LogP contribution in [0.5, 0.6) is 17.2 Å². The number of hydrogen-bond donors (Lipinski definition) is 3. The van der Waals surface area contributed by atoms with E-state index in [0.717, 1.165) is 17.1 Å². The fraction of sp³-hybridized carbons (Fsp3) is 0.375. The Morgan fingerprint density at radius 2 is 1.74 bits per heavy atom. The topological polar surface area (TPSA) is 113 Å². The van der Waals surface area contributed by atoms with Crippen LogP contribution in [0.25, 0.3) is 0 Å². The largest absolute Gasteiger partial charge is 0.488 e. The zero-order valence-corrected chi connectivity index (χ0v) is 24.5. The van der Waals surface area contributed by atoms with Gasteiger partial charge in [-0.25, -0.2) is 9.18 Å². The average Bonchev–Trinajstić information content (AvgIpc) is 3.46. The Kier molecular flexibility index (Phi) is 9.32. The van der Waals surface area contributed by atoms with Crippen molar-refractivity contribution >= 4 is 23.3 Å². The van der Waals surface area contributed by atoms with Gasteiger partial charge in [-0.05, 0) is 74.1 Å². The molecule has 11 heteroatoms. The van der Waals surface area contributed by atoms with Gasteiger partial charge in [0.15, 0.2) is 11.5 Å². The zero-order valence-electron chi connectivity index (χ0n) is 24.5. The second kappa shape index (κ2) is 13.3. The Balaban J connectivity index is 1.34. The van der Waals surface area contributed by atoms with Crippen molar-refractivity contribution < 1.29 is 33.3 Å². The van der Waals surface area contributed by atoms with Crippen molar-refractivity contribution in [1.82, 2.24) is 9.80 Å². The molecule has 0 fully saturated rings. The van der Waals surface area contributed by atoms with Crippen LogP contribution in [-0.4, -0.2) is 72.5 Å². The highest BCUT2D eigenvalue weighted by atomic mass is 19.1. The molecule has 2 aliphatic heterocycles. The van der Waals surface area contributed by atoms with Gasteiger partial charge in [0.25, 0.3) is 0 Å². The maximum atomic E-state index is 13.5. The number of rotatable bonds is 8. The fourth-order valence-electron chi connectivity index (χ4n) is 5.27. The van der Waals surface area contributed by atoms with Crippen molar-refractivity contribution in [3.8, 4) is 17.2 Å². The Morgan fingerprint density at radius 3 is 2.51 bits per heavy atom. The molecule has 3 N–H and O–H groups in total. The molecule has 43 heavy (non-hydrogen) atoms. The molecule has 0 aliphatic carbocycles. The second-order valence-corrected chi connectivity index (χ2v) is 11.2. The number of urea groups is 1. The van der Waals surface area contributed by atoms with Crippen LogP contribution in [0.15, 0.2) is 60.7 Å². The lowest BCUT2D eigenvalue weighted by Crippen LogP contribution is -2.47. The third-order valence-corrected chi connectivity index (χ3v) is 7.66. The maximum absolute atomic E-state index is 13.5. The standard InChI is InChI=1S/C32H37FN4O6/c1-20-15-37(21(2)18-38)31(39)14-23-13-26(35-32(40)34-25-7-5-24(33)6-8-25)9-11-27(23)43-30(20)17-36(3)16-22-4-10-28-29(12-22)42-19-41-28/h4-13,20-21,30,38H,14-19H2,1-3H3,(H2,34,35,40)/t20-,21+,30-/m0/s1. The number of ether oxygens (including phenoxy) is 3. The van der Waals surface area contributed by atoms with Crippen LogP contribution in [0.1, 0.15) is 25.0 Å². The van der Waals surface area contributed by atoms with Crippen molar-refractivity contribution in [3.63, 3.8) is 0 Å². The second-order valence-electron chi connectivity index (χ2n) is 11.2. The summed E-state index contributed by atoms with van der Waals surface area (Å²) in [6, 6.07) is 15.7. The van der Waals surface area contributed by atoms with E-state index in [2.05, 4.69) is 15.5 Å². The normalized spacial score (nSPS) is 18.7. The number of aliphatic hydroxyl groups is 1. The van der Waals surface area contributed by atoms with E-state index in [9.17, 15) is 19.1 Å². The van der Waals surface area contributed by atoms with E-state index in [1.165, 1.54) is 24.3 Å². The van der Waals surface area contributed by atoms with Gasteiger partial charge in [0.2, 0.25) is 12.7 Å². The van der Waals surface area contributed by atoms with Crippen molar-refractivity contribution in [2.24, 2.45) is 5.92 Å². The molecule has 10 nitrogen and oxygen atoms in total. The van der Waals surface area contributed by atoms with E-state index in [1.54, 1.807) is 23.1 Å². The van der Waals surface area contributed by atoms with E-state index in [4.69, 9.17) is 14.2 Å². The molecule has 5 rings (SSSR count). The van der Waals surface area contributed by atoms with Crippen LogP contribution in [0.2, 0.25) is 0 Å². The van der Waals surface area contributed by atoms with Gasteiger partial charge >= 0.3 is 6.03 Å². The van der Waals surface area contributed by atoms with Gasteiger partial charge in [0.05, 0.1) is 19.1 Å². The molecule has 0 spiro atoms. The molecular weight excluding hydrogens is 555 g/mol. The lowest BCUT2D eigenvalue weighted by Gasteiger charge is -2.34. The number of carbonyl (C=O) groups excluding carboxylic acids is 2. The maximum Gasteiger partial charge on any atom is 0.323 e. The predicted octanol–water partition coefficient (Wildman–Crippen LogP) is 4.48. The number of halogens is 1. The summed E-state index contributed by atoms with van der Waals surface area (Å²) in [7, 11) is 2.01. The smallest absolute Gasteiger partial charge is 0.323 e. The quantitative estimate of drug-likeness (QED) is 0.354. The highest BCUT2D eigenvalue weighted by Crippen LogP contribution is 2.33. The van der Waals surface area contributed by atoms with Crippen LogP contribution < -0.4 is 24.8 Å². The summed E-state index contributed by atoms with van der Waals surface area (Å²) in [5.41, 5.74) is 2.61. The Morgan fingerprint density at radius 1 is 1.05 bits per heavy atom. The van der Waals surface area contributed by atoms with E-state index in [-0.39, 0.29) is 43.8 Å². The highest BCUT2D eigenvalue weighted by molar-refractivity contribution is 6.00. The summed E-state index contributed by atoms with van der Waals surface area (Å²) in [6.07, 6.45) is -0.237. The number of nitrogens with one attached hydrogen (secondary N) is 2. The molecule has 2 heterocycles.